The van der Waals surface area contributed by atoms with Crippen LogP contribution in [0.5, 0.6) is 0 Å². The van der Waals surface area contributed by atoms with Crippen LogP contribution in [0.3, 0.4) is 0 Å². The molecule has 2 N–H and O–H groups in total. The molecule has 0 amide bonds. The number of ether oxygens (including phenoxy) is 3. The maximum Gasteiger partial charge on any atom is 0.351 e. The number of nitrogen functional groups attached to an aromatic ring is 1. The summed E-state index contributed by atoms with van der Waals surface area (Å²) in [6.45, 7) is 7.33. The van der Waals surface area contributed by atoms with Gasteiger partial charge in [0.1, 0.15) is 18.5 Å². The van der Waals surface area contributed by atoms with Crippen LogP contribution >= 0.6 is 0 Å². The Hall–Kier alpha value is -2.49. The molecule has 0 radical (unpaired) electrons. The summed E-state index contributed by atoms with van der Waals surface area (Å²) in [5.41, 5.74) is 2.36. The molecule has 0 aromatic carbocycles. The third-order valence-corrected chi connectivity index (χ3v) is 4.36. The van der Waals surface area contributed by atoms with Gasteiger partial charge in [0, 0.05) is 6.20 Å². The van der Waals surface area contributed by atoms with Gasteiger partial charge in [-0.05, 0) is 13.0 Å². The highest BCUT2D eigenvalue weighted by atomic mass is 19.1. The van der Waals surface area contributed by atoms with Gasteiger partial charge in [0.25, 0.3) is 0 Å². The van der Waals surface area contributed by atoms with Crippen molar-refractivity contribution in [1.82, 2.24) is 9.55 Å². The second kappa shape index (κ2) is 8.26. The van der Waals surface area contributed by atoms with E-state index in [1.165, 1.54) is 12.3 Å². The molecule has 1 aliphatic heterocycles. The lowest BCUT2D eigenvalue weighted by atomic mass is 9.98. The number of halogens is 1. The number of rotatable bonds is 6. The highest BCUT2D eigenvalue weighted by Gasteiger charge is 2.58. The van der Waals surface area contributed by atoms with Crippen LogP contribution in [-0.4, -0.2) is 46.0 Å². The second-order valence-electron chi connectivity index (χ2n) is 7.52. The van der Waals surface area contributed by atoms with E-state index in [4.69, 9.17) is 19.9 Å². The Balaban J connectivity index is 2.34. The first-order valence-electron chi connectivity index (χ1n) is 9.01. The number of carbonyl (C=O) groups excluding carboxylic acids is 2. The number of hydrogen-bond donors (Lipinski definition) is 1. The Morgan fingerprint density at radius 1 is 1.32 bits per heavy atom. The Bertz CT molecular complexity index is 792. The van der Waals surface area contributed by atoms with Gasteiger partial charge in [-0.2, -0.15) is 4.98 Å². The molecule has 9 nitrogen and oxygen atoms in total. The van der Waals surface area contributed by atoms with Crippen LogP contribution in [0.1, 0.15) is 40.8 Å². The van der Waals surface area contributed by atoms with Crippen LogP contribution in [0.2, 0.25) is 0 Å². The van der Waals surface area contributed by atoms with E-state index in [1.54, 1.807) is 27.7 Å². The molecule has 1 fully saturated rings. The van der Waals surface area contributed by atoms with Crippen molar-refractivity contribution in [3.05, 3.63) is 22.7 Å². The summed E-state index contributed by atoms with van der Waals surface area (Å²) < 4.78 is 32.7. The Morgan fingerprint density at radius 3 is 2.46 bits per heavy atom. The monoisotopic (exact) mass is 399 g/mol. The average Bonchev–Trinajstić information content (AvgIpc) is 2.83. The molecule has 10 heteroatoms. The molecule has 1 saturated heterocycles. The molecule has 28 heavy (non-hydrogen) atoms. The first-order chi connectivity index (χ1) is 12.9. The zero-order valence-electron chi connectivity index (χ0n) is 16.5. The molecular formula is C18H26FN3O6. The van der Waals surface area contributed by atoms with Gasteiger partial charge in [-0.25, -0.2) is 9.18 Å². The van der Waals surface area contributed by atoms with Crippen LogP contribution in [0.25, 0.3) is 0 Å². The summed E-state index contributed by atoms with van der Waals surface area (Å²) in [5.74, 6) is -2.07. The minimum Gasteiger partial charge on any atom is -0.463 e. The van der Waals surface area contributed by atoms with Gasteiger partial charge < -0.3 is 19.9 Å². The number of hydrogen-bond acceptors (Lipinski definition) is 8. The smallest absolute Gasteiger partial charge is 0.351 e. The van der Waals surface area contributed by atoms with Gasteiger partial charge in [-0.3, -0.25) is 14.2 Å². The molecule has 1 aromatic heterocycles. The van der Waals surface area contributed by atoms with Gasteiger partial charge in [0.2, 0.25) is 0 Å². The van der Waals surface area contributed by atoms with E-state index in [-0.39, 0.29) is 12.4 Å². The largest absolute Gasteiger partial charge is 0.463 e. The topological polar surface area (TPSA) is 123 Å². The maximum absolute atomic E-state index is 15.7. The summed E-state index contributed by atoms with van der Waals surface area (Å²) in [7, 11) is 0. The lowest BCUT2D eigenvalue weighted by Crippen LogP contribution is -2.46. The van der Waals surface area contributed by atoms with E-state index in [2.05, 4.69) is 4.98 Å². The zero-order valence-corrected chi connectivity index (χ0v) is 16.5. The Labute approximate surface area is 162 Å². The fraction of sp³-hybridized carbons (Fsp3) is 0.667. The van der Waals surface area contributed by atoms with Crippen molar-refractivity contribution in [1.29, 1.82) is 0 Å². The molecule has 4 atom stereocenters. The van der Waals surface area contributed by atoms with E-state index >= 15 is 4.39 Å². The van der Waals surface area contributed by atoms with Crippen molar-refractivity contribution in [2.75, 3.05) is 12.3 Å². The summed E-state index contributed by atoms with van der Waals surface area (Å²) in [4.78, 5) is 39.6. The third kappa shape index (κ3) is 4.49. The molecule has 1 aliphatic rings. The maximum atomic E-state index is 15.7. The van der Waals surface area contributed by atoms with Gasteiger partial charge in [0.05, 0.1) is 11.8 Å². The molecule has 0 saturated carbocycles. The number of carbonyl (C=O) groups is 2. The number of alkyl halides is 1. The molecule has 2 heterocycles. The van der Waals surface area contributed by atoms with Gasteiger partial charge in [0.15, 0.2) is 18.0 Å². The number of nitrogens with zero attached hydrogens (tertiary/aromatic N) is 2. The van der Waals surface area contributed by atoms with Gasteiger partial charge in [-0.1, -0.05) is 27.7 Å². The second-order valence-corrected chi connectivity index (χ2v) is 7.52. The van der Waals surface area contributed by atoms with Gasteiger partial charge in [-0.15, -0.1) is 0 Å². The van der Waals surface area contributed by atoms with Crippen molar-refractivity contribution in [3.63, 3.8) is 0 Å². The highest BCUT2D eigenvalue weighted by Crippen LogP contribution is 2.42. The fourth-order valence-electron chi connectivity index (χ4n) is 2.73. The quantitative estimate of drug-likeness (QED) is 0.709. The van der Waals surface area contributed by atoms with Crippen LogP contribution in [0.4, 0.5) is 10.2 Å². The first-order valence-corrected chi connectivity index (χ1v) is 9.01. The Kier molecular flexibility index (Phi) is 6.43. The summed E-state index contributed by atoms with van der Waals surface area (Å²) in [6.07, 6.45) is -2.69. The number of nitrogens with two attached hydrogens (primary N) is 1. The normalized spacial score (nSPS) is 27.2. The molecule has 0 bridgehead atoms. The minimum atomic E-state index is -2.29. The van der Waals surface area contributed by atoms with Crippen LogP contribution in [0.15, 0.2) is 17.1 Å². The van der Waals surface area contributed by atoms with Crippen molar-refractivity contribution in [2.24, 2.45) is 11.8 Å². The van der Waals surface area contributed by atoms with Crippen LogP contribution < -0.4 is 11.4 Å². The Morgan fingerprint density at radius 2 is 1.93 bits per heavy atom. The third-order valence-electron chi connectivity index (χ3n) is 4.36. The number of anilines is 1. The molecule has 156 valence electrons. The molecule has 0 aliphatic carbocycles. The van der Waals surface area contributed by atoms with Crippen molar-refractivity contribution in [2.45, 2.75) is 58.7 Å². The van der Waals surface area contributed by atoms with Crippen molar-refractivity contribution in [3.8, 4) is 0 Å². The molecule has 0 spiro atoms. The molecule has 2 rings (SSSR count). The molecule has 2 unspecified atom stereocenters. The minimum absolute atomic E-state index is 0.0231. The highest BCUT2D eigenvalue weighted by molar-refractivity contribution is 5.72. The molecule has 1 aromatic rings. The van der Waals surface area contributed by atoms with Crippen LogP contribution in [-0.2, 0) is 23.8 Å². The standard InChI is InChI=1S/C18H26FN3O6/c1-9(2)14(23)26-8-11-13(28-15(24)10(3)4)18(5,19)16(27-11)22-7-6-12(20)21-17(22)25/h6-7,9-11,13,16H,8H2,1-5H3,(H2,20,21,25)/t11?,13?,16-,18-/m1/s1. The van der Waals surface area contributed by atoms with Crippen molar-refractivity contribution < 1.29 is 28.2 Å². The predicted octanol–water partition coefficient (Wildman–Crippen LogP) is 1.22. The van der Waals surface area contributed by atoms with E-state index < -0.39 is 53.6 Å². The summed E-state index contributed by atoms with van der Waals surface area (Å²) in [5, 5.41) is 0. The summed E-state index contributed by atoms with van der Waals surface area (Å²) >= 11 is 0. The summed E-state index contributed by atoms with van der Waals surface area (Å²) in [6, 6.07) is 1.32. The van der Waals surface area contributed by atoms with E-state index in [1.807, 2.05) is 0 Å². The average molecular weight is 399 g/mol. The molecular weight excluding hydrogens is 373 g/mol. The number of aromatic nitrogens is 2. The lowest BCUT2D eigenvalue weighted by Gasteiger charge is -2.28. The van der Waals surface area contributed by atoms with Crippen LogP contribution in [0, 0.1) is 11.8 Å². The first kappa shape index (κ1) is 21.8. The van der Waals surface area contributed by atoms with E-state index in [0.29, 0.717) is 0 Å². The SMILES string of the molecule is CC(C)C(=O)OCC1O[C@@H](n2ccc(N)nc2=O)[C@](C)(F)C1OC(=O)C(C)C. The van der Waals surface area contributed by atoms with Gasteiger partial charge >= 0.3 is 17.6 Å². The zero-order chi connectivity index (χ0) is 21.2. The number of esters is 2. The van der Waals surface area contributed by atoms with E-state index in [0.717, 1.165) is 11.5 Å². The predicted molar refractivity (Wildman–Crippen MR) is 96.8 cm³/mol. The fourth-order valence-corrected chi connectivity index (χ4v) is 2.73. The van der Waals surface area contributed by atoms with Crippen molar-refractivity contribution >= 4 is 17.8 Å². The lowest BCUT2D eigenvalue weighted by molar-refractivity contribution is -0.165. The van der Waals surface area contributed by atoms with E-state index in [9.17, 15) is 14.4 Å².